The Kier molecular flexibility index (Phi) is 3.35. The van der Waals surface area contributed by atoms with Crippen molar-refractivity contribution >= 4 is 22.7 Å². The lowest BCUT2D eigenvalue weighted by Gasteiger charge is -2.42. The standard InChI is InChI=1S/C21H18N2O3/c1-25-21(24)18-14-10-12-6-2-4-8-16(12)22-20(14)23-19-13-7-3-5-9-17(13)26-11-15(18)19/h2-10,15,18-19H,11H2,1H3,(H,22,23)/t15-,18+,19+/m1/s1. The third-order valence-corrected chi connectivity index (χ3v) is 5.38. The fraction of sp³-hybridized carbons (Fsp3) is 0.238. The van der Waals surface area contributed by atoms with Crippen LogP contribution in [0.4, 0.5) is 5.82 Å². The largest absolute Gasteiger partial charge is 0.493 e. The average Bonchev–Trinajstić information content (AvgIpc) is 2.70. The number of carbonyl (C=O) groups is 1. The summed E-state index contributed by atoms with van der Waals surface area (Å²) in [7, 11) is 1.44. The smallest absolute Gasteiger partial charge is 0.313 e. The maximum absolute atomic E-state index is 12.7. The molecule has 5 nitrogen and oxygen atoms in total. The molecular formula is C21H18N2O3. The number of para-hydroxylation sites is 2. The number of aromatic nitrogens is 1. The molecule has 1 aromatic heterocycles. The van der Waals surface area contributed by atoms with E-state index in [1.54, 1.807) is 0 Å². The lowest BCUT2D eigenvalue weighted by Crippen LogP contribution is -2.42. The number of nitrogens with one attached hydrogen (secondary N) is 1. The van der Waals surface area contributed by atoms with Crippen molar-refractivity contribution in [3.05, 3.63) is 65.7 Å². The van der Waals surface area contributed by atoms with Crippen LogP contribution in [-0.2, 0) is 9.53 Å². The van der Waals surface area contributed by atoms with Gasteiger partial charge in [-0.15, -0.1) is 0 Å². The Labute approximate surface area is 151 Å². The number of rotatable bonds is 1. The number of anilines is 1. The summed E-state index contributed by atoms with van der Waals surface area (Å²) >= 11 is 0. The van der Waals surface area contributed by atoms with Gasteiger partial charge in [-0.1, -0.05) is 36.4 Å². The number of carbonyl (C=O) groups excluding carboxylic acids is 1. The van der Waals surface area contributed by atoms with E-state index in [1.807, 2.05) is 54.6 Å². The van der Waals surface area contributed by atoms with Crippen molar-refractivity contribution in [1.82, 2.24) is 4.98 Å². The molecule has 1 N–H and O–H groups in total. The van der Waals surface area contributed by atoms with Crippen LogP contribution in [0.2, 0.25) is 0 Å². The predicted molar refractivity (Wildman–Crippen MR) is 98.3 cm³/mol. The van der Waals surface area contributed by atoms with E-state index in [-0.39, 0.29) is 17.9 Å². The van der Waals surface area contributed by atoms with Gasteiger partial charge >= 0.3 is 5.97 Å². The van der Waals surface area contributed by atoms with Gasteiger partial charge in [0.25, 0.3) is 0 Å². The molecule has 0 radical (unpaired) electrons. The normalized spacial score (nSPS) is 23.0. The molecule has 26 heavy (non-hydrogen) atoms. The highest BCUT2D eigenvalue weighted by atomic mass is 16.5. The van der Waals surface area contributed by atoms with E-state index in [2.05, 4.69) is 5.32 Å². The van der Waals surface area contributed by atoms with Crippen LogP contribution in [-0.4, -0.2) is 24.7 Å². The Morgan fingerprint density at radius 3 is 2.85 bits per heavy atom. The van der Waals surface area contributed by atoms with Gasteiger partial charge in [0, 0.05) is 22.4 Å². The van der Waals surface area contributed by atoms with Gasteiger partial charge in [0.1, 0.15) is 11.6 Å². The van der Waals surface area contributed by atoms with Crippen LogP contribution in [0, 0.1) is 5.92 Å². The van der Waals surface area contributed by atoms with Crippen LogP contribution >= 0.6 is 0 Å². The second kappa shape index (κ2) is 5.73. The van der Waals surface area contributed by atoms with Crippen LogP contribution in [0.25, 0.3) is 10.9 Å². The number of hydrogen-bond acceptors (Lipinski definition) is 5. The maximum atomic E-state index is 12.7. The van der Waals surface area contributed by atoms with Gasteiger partial charge < -0.3 is 14.8 Å². The molecule has 2 aliphatic rings. The van der Waals surface area contributed by atoms with Crippen molar-refractivity contribution in [3.63, 3.8) is 0 Å². The molecule has 3 atom stereocenters. The predicted octanol–water partition coefficient (Wildman–Crippen LogP) is 3.67. The molecule has 2 aliphatic heterocycles. The number of methoxy groups -OCH3 is 1. The fourth-order valence-corrected chi connectivity index (χ4v) is 4.15. The van der Waals surface area contributed by atoms with Crippen LogP contribution < -0.4 is 10.1 Å². The molecular weight excluding hydrogens is 328 g/mol. The molecule has 0 fully saturated rings. The first-order chi connectivity index (χ1) is 12.8. The van der Waals surface area contributed by atoms with Gasteiger partial charge in [-0.25, -0.2) is 4.98 Å². The van der Waals surface area contributed by atoms with E-state index in [0.717, 1.165) is 33.6 Å². The van der Waals surface area contributed by atoms with E-state index >= 15 is 0 Å². The number of esters is 1. The van der Waals surface area contributed by atoms with Crippen molar-refractivity contribution in [1.29, 1.82) is 0 Å². The molecule has 0 unspecified atom stereocenters. The van der Waals surface area contributed by atoms with Gasteiger partial charge in [0.2, 0.25) is 0 Å². The summed E-state index contributed by atoms with van der Waals surface area (Å²) in [5.41, 5.74) is 2.83. The monoisotopic (exact) mass is 346 g/mol. The minimum atomic E-state index is -0.410. The fourth-order valence-electron chi connectivity index (χ4n) is 4.15. The minimum Gasteiger partial charge on any atom is -0.493 e. The van der Waals surface area contributed by atoms with Crippen LogP contribution in [0.15, 0.2) is 54.6 Å². The summed E-state index contributed by atoms with van der Waals surface area (Å²) in [4.78, 5) is 17.5. The molecule has 130 valence electrons. The molecule has 2 aromatic carbocycles. The first kappa shape index (κ1) is 15.2. The number of hydrogen-bond donors (Lipinski definition) is 1. The molecule has 3 heterocycles. The molecule has 0 saturated carbocycles. The van der Waals surface area contributed by atoms with Gasteiger partial charge in [-0.2, -0.15) is 0 Å². The van der Waals surface area contributed by atoms with Crippen LogP contribution in [0.5, 0.6) is 5.75 Å². The quantitative estimate of drug-likeness (QED) is 0.681. The van der Waals surface area contributed by atoms with Gasteiger partial charge in [0.05, 0.1) is 31.2 Å². The zero-order valence-electron chi connectivity index (χ0n) is 14.3. The highest BCUT2D eigenvalue weighted by Crippen LogP contribution is 2.49. The lowest BCUT2D eigenvalue weighted by molar-refractivity contribution is -0.144. The van der Waals surface area contributed by atoms with Gasteiger partial charge in [-0.3, -0.25) is 4.79 Å². The maximum Gasteiger partial charge on any atom is 0.313 e. The molecule has 0 amide bonds. The SMILES string of the molecule is COC(=O)[C@H]1c2cc3ccccc3nc2N[C@H]2c3ccccc3OC[C@@H]21. The molecule has 3 aromatic rings. The zero-order valence-corrected chi connectivity index (χ0v) is 14.3. The minimum absolute atomic E-state index is 0.0368. The molecule has 0 spiro atoms. The van der Waals surface area contributed by atoms with Gasteiger partial charge in [-0.05, 0) is 18.2 Å². The lowest BCUT2D eigenvalue weighted by atomic mass is 9.75. The van der Waals surface area contributed by atoms with Crippen molar-refractivity contribution < 1.29 is 14.3 Å². The molecule has 0 saturated heterocycles. The number of pyridine rings is 1. The Hall–Kier alpha value is -3.08. The topological polar surface area (TPSA) is 60.5 Å². The Bertz CT molecular complexity index is 1020. The third kappa shape index (κ3) is 2.17. The molecule has 5 heteroatoms. The Balaban J connectivity index is 1.71. The third-order valence-electron chi connectivity index (χ3n) is 5.38. The molecule has 0 aliphatic carbocycles. The average molecular weight is 346 g/mol. The Morgan fingerprint density at radius 1 is 1.15 bits per heavy atom. The summed E-state index contributed by atoms with van der Waals surface area (Å²) in [5.74, 6) is 0.897. The van der Waals surface area contributed by atoms with Crippen molar-refractivity contribution in [2.24, 2.45) is 5.92 Å². The van der Waals surface area contributed by atoms with Crippen molar-refractivity contribution in [2.75, 3.05) is 19.0 Å². The van der Waals surface area contributed by atoms with E-state index in [4.69, 9.17) is 14.5 Å². The highest BCUT2D eigenvalue weighted by Gasteiger charge is 2.46. The van der Waals surface area contributed by atoms with E-state index in [1.165, 1.54) is 7.11 Å². The number of ether oxygens (including phenoxy) is 2. The zero-order chi connectivity index (χ0) is 17.7. The summed E-state index contributed by atoms with van der Waals surface area (Å²) in [6.45, 7) is 0.459. The molecule has 5 rings (SSSR count). The van der Waals surface area contributed by atoms with Gasteiger partial charge in [0.15, 0.2) is 0 Å². The second-order valence-electron chi connectivity index (χ2n) is 6.75. The number of fused-ring (bicyclic) bond motifs is 5. The van der Waals surface area contributed by atoms with Crippen molar-refractivity contribution in [2.45, 2.75) is 12.0 Å². The Morgan fingerprint density at radius 2 is 1.96 bits per heavy atom. The highest BCUT2D eigenvalue weighted by molar-refractivity contribution is 5.88. The van der Waals surface area contributed by atoms with E-state index in [9.17, 15) is 4.79 Å². The number of nitrogens with zero attached hydrogens (tertiary/aromatic N) is 1. The van der Waals surface area contributed by atoms with Crippen LogP contribution in [0.3, 0.4) is 0 Å². The summed E-state index contributed by atoms with van der Waals surface area (Å²) in [5, 5.41) is 4.57. The second-order valence-corrected chi connectivity index (χ2v) is 6.75. The first-order valence-corrected chi connectivity index (χ1v) is 8.72. The van der Waals surface area contributed by atoms with E-state index < -0.39 is 5.92 Å². The van der Waals surface area contributed by atoms with Crippen molar-refractivity contribution in [3.8, 4) is 5.75 Å². The molecule has 0 bridgehead atoms. The van der Waals surface area contributed by atoms with Crippen LogP contribution in [0.1, 0.15) is 23.1 Å². The summed E-state index contributed by atoms with van der Waals surface area (Å²) < 4.78 is 11.1. The first-order valence-electron chi connectivity index (χ1n) is 8.72. The van der Waals surface area contributed by atoms with E-state index in [0.29, 0.717) is 6.61 Å². The summed E-state index contributed by atoms with van der Waals surface area (Å²) in [6.07, 6.45) is 0. The number of benzene rings is 2. The summed E-state index contributed by atoms with van der Waals surface area (Å²) in [6, 6.07) is 17.9.